The van der Waals surface area contributed by atoms with Gasteiger partial charge in [-0.15, -0.1) is 0 Å². The summed E-state index contributed by atoms with van der Waals surface area (Å²) < 4.78 is 6.15. The number of hydrogen-bond donors (Lipinski definition) is 0. The molecule has 0 saturated heterocycles. The van der Waals surface area contributed by atoms with Gasteiger partial charge in [0.05, 0.1) is 5.69 Å². The molecule has 0 bridgehead atoms. The summed E-state index contributed by atoms with van der Waals surface area (Å²) in [5.41, 5.74) is 3.90. The lowest BCUT2D eigenvalue weighted by Gasteiger charge is -2.12. The van der Waals surface area contributed by atoms with Gasteiger partial charge in [-0.25, -0.2) is 0 Å². The van der Waals surface area contributed by atoms with Crippen LogP contribution >= 0.6 is 23.2 Å². The van der Waals surface area contributed by atoms with E-state index in [0.717, 1.165) is 38.9 Å². The first-order valence-electron chi connectivity index (χ1n) is 9.29. The van der Waals surface area contributed by atoms with Gasteiger partial charge in [0, 0.05) is 21.8 Å². The average molecular weight is 420 g/mol. The Morgan fingerprint density at radius 1 is 0.862 bits per heavy atom. The van der Waals surface area contributed by atoms with E-state index in [1.807, 2.05) is 73.8 Å². The van der Waals surface area contributed by atoms with Crippen LogP contribution in [0, 0.1) is 6.92 Å². The SMILES string of the molecule is Cc1ccc(Cl)cc1N=Cc1c(OCc2ccc(Cl)cc2)ccc2ccccc12. The van der Waals surface area contributed by atoms with Crippen LogP contribution < -0.4 is 4.74 Å². The molecule has 4 heteroatoms. The van der Waals surface area contributed by atoms with Crippen molar-refractivity contribution in [2.45, 2.75) is 13.5 Å². The van der Waals surface area contributed by atoms with E-state index in [1.165, 1.54) is 0 Å². The molecule has 4 aromatic rings. The van der Waals surface area contributed by atoms with Crippen LogP contribution in [-0.4, -0.2) is 6.21 Å². The van der Waals surface area contributed by atoms with Crippen LogP contribution in [0.4, 0.5) is 5.69 Å². The molecule has 0 heterocycles. The standard InChI is InChI=1S/C25H19Cl2NO/c1-17-6-10-21(27)14-24(17)28-15-23-22-5-3-2-4-19(22)9-13-25(23)29-16-18-7-11-20(26)12-8-18/h2-15H,16H2,1H3. The number of nitrogens with zero attached hydrogens (tertiary/aromatic N) is 1. The third-order valence-electron chi connectivity index (χ3n) is 4.74. The molecule has 0 fully saturated rings. The second-order valence-corrected chi connectivity index (χ2v) is 7.68. The smallest absolute Gasteiger partial charge is 0.129 e. The molecule has 0 aliphatic heterocycles. The third-order valence-corrected chi connectivity index (χ3v) is 5.23. The molecule has 0 aliphatic carbocycles. The molecule has 4 rings (SSSR count). The highest BCUT2D eigenvalue weighted by Gasteiger charge is 2.08. The van der Waals surface area contributed by atoms with Crippen molar-refractivity contribution in [1.82, 2.24) is 0 Å². The summed E-state index contributed by atoms with van der Waals surface area (Å²) >= 11 is 12.1. The quantitative estimate of drug-likeness (QED) is 0.302. The van der Waals surface area contributed by atoms with Crippen LogP contribution in [-0.2, 0) is 6.61 Å². The van der Waals surface area contributed by atoms with Crippen molar-refractivity contribution < 1.29 is 4.74 Å². The highest BCUT2D eigenvalue weighted by molar-refractivity contribution is 6.31. The fourth-order valence-corrected chi connectivity index (χ4v) is 3.42. The molecule has 0 saturated carbocycles. The number of halogens is 2. The summed E-state index contributed by atoms with van der Waals surface area (Å²) in [6.45, 7) is 2.47. The molecular formula is C25H19Cl2NO. The molecule has 0 unspecified atom stereocenters. The van der Waals surface area contributed by atoms with Gasteiger partial charge in [-0.3, -0.25) is 4.99 Å². The molecular weight excluding hydrogens is 401 g/mol. The van der Waals surface area contributed by atoms with Crippen molar-refractivity contribution in [3.8, 4) is 5.75 Å². The maximum absolute atomic E-state index is 6.15. The van der Waals surface area contributed by atoms with Gasteiger partial charge in [0.15, 0.2) is 0 Å². The Balaban J connectivity index is 1.71. The lowest BCUT2D eigenvalue weighted by molar-refractivity contribution is 0.306. The first kappa shape index (κ1) is 19.5. The van der Waals surface area contributed by atoms with Crippen LogP contribution in [0.25, 0.3) is 10.8 Å². The average Bonchev–Trinajstić information content (AvgIpc) is 2.74. The molecule has 0 N–H and O–H groups in total. The predicted molar refractivity (Wildman–Crippen MR) is 123 cm³/mol. The Hall–Kier alpha value is -2.81. The number of ether oxygens (including phenoxy) is 1. The highest BCUT2D eigenvalue weighted by atomic mass is 35.5. The van der Waals surface area contributed by atoms with Gasteiger partial charge >= 0.3 is 0 Å². The van der Waals surface area contributed by atoms with Crippen molar-refractivity contribution in [3.05, 3.63) is 106 Å². The van der Waals surface area contributed by atoms with Crippen molar-refractivity contribution >= 4 is 45.9 Å². The maximum atomic E-state index is 6.15. The second-order valence-electron chi connectivity index (χ2n) is 6.80. The Morgan fingerprint density at radius 3 is 2.45 bits per heavy atom. The Morgan fingerprint density at radius 2 is 1.62 bits per heavy atom. The normalized spacial score (nSPS) is 11.3. The van der Waals surface area contributed by atoms with Crippen molar-refractivity contribution in [3.63, 3.8) is 0 Å². The zero-order valence-electron chi connectivity index (χ0n) is 15.9. The number of aliphatic imine (C=N–C) groups is 1. The number of fused-ring (bicyclic) bond motifs is 1. The first-order valence-corrected chi connectivity index (χ1v) is 10.0. The summed E-state index contributed by atoms with van der Waals surface area (Å²) in [5, 5.41) is 3.60. The largest absolute Gasteiger partial charge is 0.488 e. The molecule has 0 spiro atoms. The van der Waals surface area contributed by atoms with E-state index in [9.17, 15) is 0 Å². The lowest BCUT2D eigenvalue weighted by atomic mass is 10.0. The molecule has 0 radical (unpaired) electrons. The Labute approximate surface area is 180 Å². The van der Waals surface area contributed by atoms with Crippen LogP contribution in [0.15, 0.2) is 83.9 Å². The molecule has 4 aromatic carbocycles. The summed E-state index contributed by atoms with van der Waals surface area (Å²) in [6, 6.07) is 25.6. The van der Waals surface area contributed by atoms with E-state index in [4.69, 9.17) is 32.9 Å². The van der Waals surface area contributed by atoms with Gasteiger partial charge in [-0.1, -0.05) is 71.7 Å². The van der Waals surface area contributed by atoms with Crippen LogP contribution in [0.1, 0.15) is 16.7 Å². The van der Waals surface area contributed by atoms with Gasteiger partial charge in [0.2, 0.25) is 0 Å². The fraction of sp³-hybridized carbons (Fsp3) is 0.0800. The van der Waals surface area contributed by atoms with Gasteiger partial charge in [0.25, 0.3) is 0 Å². The zero-order chi connectivity index (χ0) is 20.2. The number of rotatable bonds is 5. The summed E-state index contributed by atoms with van der Waals surface area (Å²) in [5.74, 6) is 0.780. The van der Waals surface area contributed by atoms with E-state index >= 15 is 0 Å². The lowest BCUT2D eigenvalue weighted by Crippen LogP contribution is -1.99. The van der Waals surface area contributed by atoms with Gasteiger partial charge in [-0.05, 0) is 59.2 Å². The summed E-state index contributed by atoms with van der Waals surface area (Å²) in [7, 11) is 0. The summed E-state index contributed by atoms with van der Waals surface area (Å²) in [6.07, 6.45) is 1.86. The molecule has 29 heavy (non-hydrogen) atoms. The zero-order valence-corrected chi connectivity index (χ0v) is 17.4. The van der Waals surface area contributed by atoms with Crippen LogP contribution in [0.2, 0.25) is 10.0 Å². The van der Waals surface area contributed by atoms with Crippen molar-refractivity contribution in [2.24, 2.45) is 4.99 Å². The predicted octanol–water partition coefficient (Wildman–Crippen LogP) is 7.78. The number of aryl methyl sites for hydroxylation is 1. The topological polar surface area (TPSA) is 21.6 Å². The number of benzene rings is 4. The second kappa shape index (κ2) is 8.69. The minimum absolute atomic E-state index is 0.451. The fourth-order valence-electron chi connectivity index (χ4n) is 3.13. The van der Waals surface area contributed by atoms with Crippen LogP contribution in [0.3, 0.4) is 0 Å². The van der Waals surface area contributed by atoms with Crippen LogP contribution in [0.5, 0.6) is 5.75 Å². The summed E-state index contributed by atoms with van der Waals surface area (Å²) in [4.78, 5) is 4.71. The Bertz CT molecular complexity index is 1180. The molecule has 0 aromatic heterocycles. The van der Waals surface area contributed by atoms with Gasteiger partial charge < -0.3 is 4.74 Å². The van der Waals surface area contributed by atoms with E-state index < -0.39 is 0 Å². The molecule has 0 atom stereocenters. The minimum atomic E-state index is 0.451. The molecule has 144 valence electrons. The molecule has 2 nitrogen and oxygen atoms in total. The van der Waals surface area contributed by atoms with E-state index in [0.29, 0.717) is 16.7 Å². The number of hydrogen-bond acceptors (Lipinski definition) is 2. The monoisotopic (exact) mass is 419 g/mol. The highest BCUT2D eigenvalue weighted by Crippen LogP contribution is 2.29. The molecule has 0 aliphatic rings. The van der Waals surface area contributed by atoms with E-state index in [1.54, 1.807) is 0 Å². The molecule has 0 amide bonds. The van der Waals surface area contributed by atoms with Gasteiger partial charge in [0.1, 0.15) is 12.4 Å². The van der Waals surface area contributed by atoms with E-state index in [2.05, 4.69) is 18.2 Å². The maximum Gasteiger partial charge on any atom is 0.129 e. The minimum Gasteiger partial charge on any atom is -0.488 e. The first-order chi connectivity index (χ1) is 14.1. The van der Waals surface area contributed by atoms with Crippen molar-refractivity contribution in [2.75, 3.05) is 0 Å². The third kappa shape index (κ3) is 4.61. The van der Waals surface area contributed by atoms with Gasteiger partial charge in [-0.2, -0.15) is 0 Å². The van der Waals surface area contributed by atoms with Crippen molar-refractivity contribution in [1.29, 1.82) is 0 Å². The van der Waals surface area contributed by atoms with E-state index in [-0.39, 0.29) is 0 Å². The Kier molecular flexibility index (Phi) is 5.84.